The Kier molecular flexibility index (Phi) is 4.21. The Bertz CT molecular complexity index is 763. The fourth-order valence-corrected chi connectivity index (χ4v) is 4.55. The number of rotatable bonds is 3. The summed E-state index contributed by atoms with van der Waals surface area (Å²) in [6, 6.07) is 13.8. The fourth-order valence-electron chi connectivity index (χ4n) is 3.07. The molecular formula is C17H23N2O2S+. The van der Waals surface area contributed by atoms with Crippen molar-refractivity contribution in [2.75, 3.05) is 26.2 Å². The summed E-state index contributed by atoms with van der Waals surface area (Å²) in [4.78, 5) is 1.88. The van der Waals surface area contributed by atoms with Crippen molar-refractivity contribution in [1.82, 2.24) is 4.31 Å². The van der Waals surface area contributed by atoms with Crippen molar-refractivity contribution < 1.29 is 13.3 Å². The van der Waals surface area contributed by atoms with Crippen LogP contribution >= 0.6 is 0 Å². The van der Waals surface area contributed by atoms with Crippen molar-refractivity contribution in [1.29, 1.82) is 0 Å². The van der Waals surface area contributed by atoms with E-state index in [0.29, 0.717) is 24.0 Å². The van der Waals surface area contributed by atoms with Crippen LogP contribution in [0.4, 0.5) is 0 Å². The van der Waals surface area contributed by atoms with Crippen molar-refractivity contribution in [3.05, 3.63) is 42.5 Å². The van der Waals surface area contributed by atoms with Gasteiger partial charge in [-0.2, -0.15) is 4.31 Å². The predicted octanol–water partition coefficient (Wildman–Crippen LogP) is 1.14. The highest BCUT2D eigenvalue weighted by molar-refractivity contribution is 7.89. The fraction of sp³-hybridized carbons (Fsp3) is 0.412. The number of fused-ring (bicyclic) bond motifs is 1. The summed E-state index contributed by atoms with van der Waals surface area (Å²) in [5, 5.41) is 2.03. The van der Waals surface area contributed by atoms with Gasteiger partial charge in [-0.15, -0.1) is 0 Å². The molecular weight excluding hydrogens is 296 g/mol. The van der Waals surface area contributed by atoms with Gasteiger partial charge in [-0.1, -0.05) is 30.3 Å². The number of hydrogen-bond donors (Lipinski definition) is 1. The molecule has 1 fully saturated rings. The van der Waals surface area contributed by atoms with Crippen molar-refractivity contribution >= 4 is 20.8 Å². The van der Waals surface area contributed by atoms with Gasteiger partial charge in [0.05, 0.1) is 37.1 Å². The van der Waals surface area contributed by atoms with Crippen LogP contribution in [0.2, 0.25) is 0 Å². The SMILES string of the molecule is CC(C)[NH+]1CCN(S(=O)(=O)c2ccc3ccccc3c2)CC1. The lowest BCUT2D eigenvalue weighted by Crippen LogP contribution is -3.17. The minimum absolute atomic E-state index is 0.402. The molecule has 0 aromatic heterocycles. The average Bonchev–Trinajstić information content (AvgIpc) is 2.54. The van der Waals surface area contributed by atoms with Gasteiger partial charge in [-0.3, -0.25) is 0 Å². The van der Waals surface area contributed by atoms with Gasteiger partial charge in [-0.05, 0) is 36.8 Å². The molecule has 0 saturated carbocycles. The third-order valence-corrected chi connectivity index (χ3v) is 6.43. The molecule has 0 amide bonds. The molecule has 2 aromatic rings. The zero-order valence-corrected chi connectivity index (χ0v) is 13.9. The number of nitrogens with one attached hydrogen (secondary N) is 1. The maximum absolute atomic E-state index is 12.8. The first-order valence-electron chi connectivity index (χ1n) is 7.82. The van der Waals surface area contributed by atoms with Gasteiger partial charge in [0.25, 0.3) is 0 Å². The third-order valence-electron chi connectivity index (χ3n) is 4.54. The lowest BCUT2D eigenvalue weighted by molar-refractivity contribution is -0.924. The highest BCUT2D eigenvalue weighted by atomic mass is 32.2. The van der Waals surface area contributed by atoms with Crippen molar-refractivity contribution in [3.63, 3.8) is 0 Å². The molecule has 118 valence electrons. The second-order valence-electron chi connectivity index (χ2n) is 6.23. The molecule has 3 rings (SSSR count). The monoisotopic (exact) mass is 319 g/mol. The first-order chi connectivity index (χ1) is 10.5. The highest BCUT2D eigenvalue weighted by Gasteiger charge is 2.31. The molecule has 0 bridgehead atoms. The first kappa shape index (κ1) is 15.5. The van der Waals surface area contributed by atoms with Crippen LogP contribution in [0.25, 0.3) is 10.8 Å². The molecule has 1 heterocycles. The van der Waals surface area contributed by atoms with Gasteiger partial charge >= 0.3 is 0 Å². The van der Waals surface area contributed by atoms with E-state index in [9.17, 15) is 8.42 Å². The van der Waals surface area contributed by atoms with E-state index >= 15 is 0 Å². The minimum Gasteiger partial charge on any atom is -0.331 e. The van der Waals surface area contributed by atoms with Crippen molar-refractivity contribution in [3.8, 4) is 0 Å². The van der Waals surface area contributed by atoms with Crippen LogP contribution in [-0.2, 0) is 10.0 Å². The van der Waals surface area contributed by atoms with E-state index < -0.39 is 10.0 Å². The van der Waals surface area contributed by atoms with E-state index in [1.54, 1.807) is 16.4 Å². The van der Waals surface area contributed by atoms with Gasteiger partial charge in [0.2, 0.25) is 10.0 Å². The second-order valence-corrected chi connectivity index (χ2v) is 8.16. The number of benzene rings is 2. The molecule has 0 aliphatic carbocycles. The quantitative estimate of drug-likeness (QED) is 0.922. The summed E-state index contributed by atoms with van der Waals surface area (Å²) < 4.78 is 27.3. The zero-order valence-electron chi connectivity index (χ0n) is 13.1. The summed E-state index contributed by atoms with van der Waals surface area (Å²) in [5.74, 6) is 0. The van der Waals surface area contributed by atoms with Gasteiger partial charge < -0.3 is 4.90 Å². The lowest BCUT2D eigenvalue weighted by Gasteiger charge is -2.33. The zero-order chi connectivity index (χ0) is 15.7. The molecule has 1 aliphatic heterocycles. The molecule has 0 radical (unpaired) electrons. The van der Waals surface area contributed by atoms with Crippen LogP contribution in [0, 0.1) is 0 Å². The van der Waals surface area contributed by atoms with Crippen molar-refractivity contribution in [2.24, 2.45) is 0 Å². The van der Waals surface area contributed by atoms with Crippen molar-refractivity contribution in [2.45, 2.75) is 24.8 Å². The van der Waals surface area contributed by atoms with E-state index in [4.69, 9.17) is 0 Å². The topological polar surface area (TPSA) is 41.8 Å². The van der Waals surface area contributed by atoms with Gasteiger partial charge in [-0.25, -0.2) is 8.42 Å². The van der Waals surface area contributed by atoms with Crippen LogP contribution in [0.3, 0.4) is 0 Å². The Balaban J connectivity index is 1.86. The summed E-state index contributed by atoms with van der Waals surface area (Å²) >= 11 is 0. The normalized spacial score (nSPS) is 18.1. The van der Waals surface area contributed by atoms with E-state index in [-0.39, 0.29) is 0 Å². The first-order valence-corrected chi connectivity index (χ1v) is 9.26. The number of quaternary nitrogens is 1. The molecule has 2 aromatic carbocycles. The Hall–Kier alpha value is -1.43. The Labute approximate surface area is 132 Å². The second kappa shape index (κ2) is 5.99. The third kappa shape index (κ3) is 2.89. The van der Waals surface area contributed by atoms with E-state index in [0.717, 1.165) is 23.9 Å². The summed E-state index contributed by atoms with van der Waals surface area (Å²) in [6.45, 7) is 7.33. The molecule has 0 atom stereocenters. The molecule has 1 saturated heterocycles. The summed E-state index contributed by atoms with van der Waals surface area (Å²) in [6.07, 6.45) is 0. The summed E-state index contributed by atoms with van der Waals surface area (Å²) in [7, 11) is -3.38. The Morgan fingerprint density at radius 3 is 2.27 bits per heavy atom. The van der Waals surface area contributed by atoms with Gasteiger partial charge in [0.1, 0.15) is 0 Å². The number of hydrogen-bond acceptors (Lipinski definition) is 2. The minimum atomic E-state index is -3.38. The molecule has 0 spiro atoms. The molecule has 0 unspecified atom stereocenters. The maximum Gasteiger partial charge on any atom is 0.243 e. The number of sulfonamides is 1. The molecule has 22 heavy (non-hydrogen) atoms. The summed E-state index contributed by atoms with van der Waals surface area (Å²) in [5.41, 5.74) is 0. The van der Waals surface area contributed by atoms with Crippen LogP contribution < -0.4 is 4.90 Å². The molecule has 1 aliphatic rings. The van der Waals surface area contributed by atoms with E-state index in [1.807, 2.05) is 30.3 Å². The Morgan fingerprint density at radius 1 is 1.00 bits per heavy atom. The molecule has 1 N–H and O–H groups in total. The van der Waals surface area contributed by atoms with Crippen LogP contribution in [0.5, 0.6) is 0 Å². The number of nitrogens with zero attached hydrogens (tertiary/aromatic N) is 1. The van der Waals surface area contributed by atoms with E-state index in [1.165, 1.54) is 4.90 Å². The smallest absolute Gasteiger partial charge is 0.243 e. The van der Waals surface area contributed by atoms with Gasteiger partial charge in [0, 0.05) is 0 Å². The van der Waals surface area contributed by atoms with Gasteiger partial charge in [0.15, 0.2) is 0 Å². The van der Waals surface area contributed by atoms with Crippen LogP contribution in [0.1, 0.15) is 13.8 Å². The maximum atomic E-state index is 12.8. The van der Waals surface area contributed by atoms with Crippen LogP contribution in [0.15, 0.2) is 47.4 Å². The largest absolute Gasteiger partial charge is 0.331 e. The molecule has 4 nitrogen and oxygen atoms in total. The Morgan fingerprint density at radius 2 is 1.64 bits per heavy atom. The lowest BCUT2D eigenvalue weighted by atomic mass is 10.1. The standard InChI is InChI=1S/C17H22N2O2S/c1-14(2)18-9-11-19(12-10-18)22(20,21)17-8-7-15-5-3-4-6-16(15)13-17/h3-8,13-14H,9-12H2,1-2H3/p+1. The van der Waals surface area contributed by atoms with E-state index in [2.05, 4.69) is 13.8 Å². The predicted molar refractivity (Wildman–Crippen MR) is 88.5 cm³/mol. The number of piperazine rings is 1. The average molecular weight is 319 g/mol. The van der Waals surface area contributed by atoms with Crippen LogP contribution in [-0.4, -0.2) is 44.9 Å². The molecule has 5 heteroatoms. The highest BCUT2D eigenvalue weighted by Crippen LogP contribution is 2.21.